The highest BCUT2D eigenvalue weighted by Crippen LogP contribution is 2.37. The van der Waals surface area contributed by atoms with Crippen LogP contribution in [0.3, 0.4) is 0 Å². The van der Waals surface area contributed by atoms with E-state index >= 15 is 0 Å². The second kappa shape index (κ2) is 11.5. The molecule has 0 radical (unpaired) electrons. The molecule has 2 amide bonds. The molecule has 2 aliphatic rings. The van der Waals surface area contributed by atoms with Crippen LogP contribution in [0.5, 0.6) is 0 Å². The fourth-order valence-corrected chi connectivity index (χ4v) is 5.97. The van der Waals surface area contributed by atoms with Gasteiger partial charge in [-0.1, -0.05) is 54.6 Å². The van der Waals surface area contributed by atoms with Crippen LogP contribution in [0.25, 0.3) is 33.4 Å². The lowest BCUT2D eigenvalue weighted by Crippen LogP contribution is -2.36. The van der Waals surface area contributed by atoms with Crippen LogP contribution < -0.4 is 0 Å². The van der Waals surface area contributed by atoms with Gasteiger partial charge in [-0.2, -0.15) is 0 Å². The maximum atomic E-state index is 12.9. The monoisotopic (exact) mass is 622 g/mol. The van der Waals surface area contributed by atoms with E-state index in [2.05, 4.69) is 58.4 Å². The number of fused-ring (bicyclic) bond motifs is 1. The number of rotatable bonds is 4. The van der Waals surface area contributed by atoms with Crippen LogP contribution in [0.4, 0.5) is 9.59 Å². The molecule has 6 rings (SSSR count). The van der Waals surface area contributed by atoms with Gasteiger partial charge in [-0.15, -0.1) is 0 Å². The summed E-state index contributed by atoms with van der Waals surface area (Å²) in [5.41, 5.74) is 6.43. The van der Waals surface area contributed by atoms with Gasteiger partial charge in [0.25, 0.3) is 0 Å². The summed E-state index contributed by atoms with van der Waals surface area (Å²) in [5.74, 6) is 1.43. The molecular weight excluding hydrogens is 580 g/mol. The second-order valence-electron chi connectivity index (χ2n) is 14.3. The van der Waals surface area contributed by atoms with Crippen molar-refractivity contribution in [2.24, 2.45) is 0 Å². The fourth-order valence-electron chi connectivity index (χ4n) is 5.97. The van der Waals surface area contributed by atoms with E-state index in [1.54, 1.807) is 16.0 Å². The Hall–Kier alpha value is -4.86. The number of H-pyrrole nitrogens is 2. The van der Waals surface area contributed by atoms with Crippen molar-refractivity contribution >= 4 is 23.2 Å². The first-order valence-electron chi connectivity index (χ1n) is 15.6. The van der Waals surface area contributed by atoms with Crippen molar-refractivity contribution in [2.45, 2.75) is 77.7 Å². The number of hydrogen-bond donors (Lipinski definition) is 2. The third-order valence-electron chi connectivity index (χ3n) is 8.02. The molecule has 4 aromatic rings. The van der Waals surface area contributed by atoms with Crippen molar-refractivity contribution in [3.05, 3.63) is 84.6 Å². The highest BCUT2D eigenvalue weighted by molar-refractivity contribution is 5.83. The molecule has 2 aromatic heterocycles. The molecule has 240 valence electrons. The zero-order chi connectivity index (χ0) is 33.0. The minimum atomic E-state index is -0.585. The molecule has 0 bridgehead atoms. The van der Waals surface area contributed by atoms with Gasteiger partial charge >= 0.3 is 12.2 Å². The number of nitrogens with zero attached hydrogens (tertiary/aromatic N) is 4. The zero-order valence-corrected chi connectivity index (χ0v) is 27.4. The van der Waals surface area contributed by atoms with Crippen LogP contribution in [0.15, 0.2) is 73.0 Å². The van der Waals surface area contributed by atoms with Crippen molar-refractivity contribution in [1.82, 2.24) is 29.7 Å². The first-order chi connectivity index (χ1) is 21.6. The number of imidazole rings is 2. The normalized spacial score (nSPS) is 18.9. The van der Waals surface area contributed by atoms with E-state index < -0.39 is 11.2 Å². The third kappa shape index (κ3) is 6.56. The van der Waals surface area contributed by atoms with Gasteiger partial charge in [0.05, 0.1) is 35.0 Å². The van der Waals surface area contributed by atoms with Crippen LogP contribution in [0.2, 0.25) is 0 Å². The van der Waals surface area contributed by atoms with E-state index in [9.17, 15) is 9.59 Å². The number of amides is 2. The van der Waals surface area contributed by atoms with E-state index in [0.717, 1.165) is 50.4 Å². The van der Waals surface area contributed by atoms with Crippen molar-refractivity contribution in [1.29, 1.82) is 0 Å². The molecule has 2 atom stereocenters. The molecule has 2 N–H and O–H groups in total. The Kier molecular flexibility index (Phi) is 7.78. The van der Waals surface area contributed by atoms with Crippen LogP contribution in [-0.2, 0) is 9.47 Å². The maximum Gasteiger partial charge on any atom is 0.411 e. The van der Waals surface area contributed by atoms with E-state index in [4.69, 9.17) is 14.5 Å². The lowest BCUT2D eigenvalue weighted by Gasteiger charge is -2.27. The van der Waals surface area contributed by atoms with E-state index in [-0.39, 0.29) is 24.3 Å². The van der Waals surface area contributed by atoms with Crippen molar-refractivity contribution in [2.75, 3.05) is 13.1 Å². The molecule has 4 heterocycles. The minimum absolute atomic E-state index is 0.250. The van der Waals surface area contributed by atoms with Gasteiger partial charge in [-0.3, -0.25) is 9.80 Å². The summed E-state index contributed by atoms with van der Waals surface area (Å²) in [5, 5.41) is 0. The lowest BCUT2D eigenvalue weighted by atomic mass is 10.0. The van der Waals surface area contributed by atoms with E-state index in [0.29, 0.717) is 31.8 Å². The summed E-state index contributed by atoms with van der Waals surface area (Å²) in [6.07, 6.45) is 2.34. The van der Waals surface area contributed by atoms with Gasteiger partial charge < -0.3 is 19.4 Å². The summed E-state index contributed by atoms with van der Waals surface area (Å²) >= 11 is 0. The maximum absolute atomic E-state index is 12.9. The molecule has 0 spiro atoms. The molecule has 10 nitrogen and oxygen atoms in total. The smallest absolute Gasteiger partial charge is 0.411 e. The predicted octanol–water partition coefficient (Wildman–Crippen LogP) is 8.10. The topological polar surface area (TPSA) is 116 Å². The van der Waals surface area contributed by atoms with E-state index in [1.807, 2.05) is 53.7 Å². The third-order valence-corrected chi connectivity index (χ3v) is 8.02. The molecule has 10 heteroatoms. The number of carbonyl (C=O) groups is 2. The van der Waals surface area contributed by atoms with Crippen LogP contribution >= 0.6 is 0 Å². The molecule has 2 fully saturated rings. The summed E-state index contributed by atoms with van der Waals surface area (Å²) in [4.78, 5) is 45.5. The average Bonchev–Trinajstić information content (AvgIpc) is 3.75. The summed E-state index contributed by atoms with van der Waals surface area (Å²) in [6.45, 7) is 20.3. The number of nitrogens with one attached hydrogen (secondary N) is 2. The van der Waals surface area contributed by atoms with Crippen molar-refractivity contribution in [3.8, 4) is 22.4 Å². The second-order valence-corrected chi connectivity index (χ2v) is 14.3. The largest absolute Gasteiger partial charge is 0.444 e. The Balaban J connectivity index is 1.19. The zero-order valence-electron chi connectivity index (χ0n) is 27.4. The highest BCUT2D eigenvalue weighted by atomic mass is 16.6. The number of likely N-dealkylation sites (tertiary alicyclic amines) is 2. The van der Waals surface area contributed by atoms with Gasteiger partial charge in [-0.25, -0.2) is 19.6 Å². The Bertz CT molecular complexity index is 1820. The summed E-state index contributed by atoms with van der Waals surface area (Å²) in [7, 11) is 0. The van der Waals surface area contributed by atoms with Gasteiger partial charge in [0.2, 0.25) is 0 Å². The molecular formula is C36H42N6O4. The quantitative estimate of drug-likeness (QED) is 0.222. The molecule has 0 unspecified atom stereocenters. The molecule has 46 heavy (non-hydrogen) atoms. The Morgan fingerprint density at radius 2 is 1.28 bits per heavy atom. The number of ether oxygens (including phenoxy) is 2. The Morgan fingerprint density at radius 1 is 0.761 bits per heavy atom. The highest BCUT2D eigenvalue weighted by Gasteiger charge is 2.38. The molecule has 2 aliphatic heterocycles. The van der Waals surface area contributed by atoms with Gasteiger partial charge in [-0.05, 0) is 83.2 Å². The van der Waals surface area contributed by atoms with Crippen LogP contribution in [0, 0.1) is 0 Å². The SMILES string of the molecule is C=C1C[C@@H](c2ncc(-c3ccc(-c4ccc5nc([C@@H]6CC(=C)CN6C(=O)OC(C)(C)C)[nH]c5c4)cc3)[nH]2)N(C(=O)OC(C)(C)C)C1. The molecule has 2 saturated heterocycles. The Labute approximate surface area is 269 Å². The first-order valence-corrected chi connectivity index (χ1v) is 15.6. The number of hydrogen-bond acceptors (Lipinski definition) is 6. The van der Waals surface area contributed by atoms with Crippen LogP contribution in [-0.4, -0.2) is 66.2 Å². The number of aromatic amines is 2. The van der Waals surface area contributed by atoms with Crippen LogP contribution in [0.1, 0.15) is 78.1 Å². The standard InChI is InChI=1S/C36H42N6O4/c1-21-15-29(41(19-21)33(43)45-35(3,4)5)31-37-18-28(40-31)24-11-9-23(10-12-24)25-13-14-26-27(17-25)39-32(38-26)30-16-22(2)20-42(30)34(44)46-36(6,7)8/h9-14,17-18,29-30H,1-2,15-16,19-20H2,3-8H3,(H,37,40)(H,38,39)/t29-,30-/m0/s1. The van der Waals surface area contributed by atoms with Gasteiger partial charge in [0.1, 0.15) is 22.9 Å². The first kappa shape index (κ1) is 31.1. The van der Waals surface area contributed by atoms with Gasteiger partial charge in [0.15, 0.2) is 0 Å². The van der Waals surface area contributed by atoms with Crippen molar-refractivity contribution in [3.63, 3.8) is 0 Å². The molecule has 0 saturated carbocycles. The lowest BCUT2D eigenvalue weighted by molar-refractivity contribution is 0.0211. The minimum Gasteiger partial charge on any atom is -0.444 e. The van der Waals surface area contributed by atoms with Crippen molar-refractivity contribution < 1.29 is 19.1 Å². The predicted molar refractivity (Wildman–Crippen MR) is 178 cm³/mol. The number of aromatic nitrogens is 4. The Morgan fingerprint density at radius 3 is 1.85 bits per heavy atom. The molecule has 2 aromatic carbocycles. The number of carbonyl (C=O) groups excluding carboxylic acids is 2. The van der Waals surface area contributed by atoms with E-state index in [1.165, 1.54) is 0 Å². The molecule has 0 aliphatic carbocycles. The summed E-state index contributed by atoms with van der Waals surface area (Å²) in [6, 6.07) is 13.9. The number of benzene rings is 2. The average molecular weight is 623 g/mol. The fraction of sp³-hybridized carbons (Fsp3) is 0.389. The summed E-state index contributed by atoms with van der Waals surface area (Å²) < 4.78 is 11.3. The van der Waals surface area contributed by atoms with Gasteiger partial charge in [0, 0.05) is 13.1 Å².